The van der Waals surface area contributed by atoms with Crippen LogP contribution in [0.25, 0.3) is 12.2 Å². The van der Waals surface area contributed by atoms with Gasteiger partial charge in [0.15, 0.2) is 0 Å². The van der Waals surface area contributed by atoms with Crippen LogP contribution < -0.4 is 59.1 Å². The largest absolute Gasteiger partial charge is 1.00 e. The monoisotopic (exact) mass is 414 g/mol. The fourth-order valence-electron chi connectivity index (χ4n) is 1.69. The maximum atomic E-state index is 11.7. The van der Waals surface area contributed by atoms with Gasteiger partial charge in [0, 0.05) is 0 Å². The maximum absolute atomic E-state index is 11.7. The molecule has 0 aliphatic carbocycles. The molecule has 0 radical (unpaired) electrons. The van der Waals surface area contributed by atoms with Crippen LogP contribution in [-0.4, -0.2) is 21.4 Å². The quantitative estimate of drug-likeness (QED) is 0.237. The van der Waals surface area contributed by atoms with Crippen molar-refractivity contribution in [2.45, 2.75) is 4.90 Å². The van der Waals surface area contributed by atoms with Gasteiger partial charge >= 0.3 is 69.2 Å². The van der Waals surface area contributed by atoms with Crippen LogP contribution in [-0.2, 0) is 24.4 Å². The van der Waals surface area contributed by atoms with Crippen molar-refractivity contribution < 1.29 is 87.5 Å². The first kappa shape index (κ1) is 25.6. The van der Waals surface area contributed by atoms with E-state index in [0.717, 1.165) is 29.4 Å². The van der Waals surface area contributed by atoms with Gasteiger partial charge in [-0.3, -0.25) is 4.55 Å². The Morgan fingerprint density at radius 1 is 0.808 bits per heavy atom. The molecule has 10 heteroatoms. The zero-order valence-corrected chi connectivity index (χ0v) is 19.9. The second-order valence-electron chi connectivity index (χ2n) is 4.65. The van der Waals surface area contributed by atoms with Crippen molar-refractivity contribution >= 4 is 32.4 Å². The molecular formula is C16H16Na2O6S2. The van der Waals surface area contributed by atoms with Crippen molar-refractivity contribution in [3.05, 3.63) is 77.4 Å². The molecule has 0 aromatic heterocycles. The molecule has 0 aliphatic heterocycles. The molecule has 0 atom stereocenters. The standard InChI is InChI=1S/C16H14O6S2.2Na.2H/c17-23(18,22-12-10-14-4-2-1-3-5-14)13-11-15-6-8-16(9-7-15)24(19,20)21;;;;/h1-13H,(H,19,20,21);;;;/q;2*+1;2*-1. The van der Waals surface area contributed by atoms with E-state index in [0.29, 0.717) is 5.56 Å². The summed E-state index contributed by atoms with van der Waals surface area (Å²) >= 11 is 0. The Balaban J connectivity index is -0.00000156. The third-order valence-electron chi connectivity index (χ3n) is 2.85. The van der Waals surface area contributed by atoms with E-state index in [4.69, 9.17) is 8.74 Å². The first-order chi connectivity index (χ1) is 11.3. The summed E-state index contributed by atoms with van der Waals surface area (Å²) in [5, 5.41) is 0.852. The topological polar surface area (TPSA) is 97.7 Å². The fourth-order valence-corrected chi connectivity index (χ4v) is 2.77. The fraction of sp³-hybridized carbons (Fsp3) is 0. The van der Waals surface area contributed by atoms with Gasteiger partial charge in [-0.25, -0.2) is 0 Å². The van der Waals surface area contributed by atoms with Gasteiger partial charge in [0.25, 0.3) is 10.1 Å². The number of benzene rings is 2. The number of rotatable bonds is 6. The average Bonchev–Trinajstić information content (AvgIpc) is 2.53. The summed E-state index contributed by atoms with van der Waals surface area (Å²) in [5.74, 6) is 0. The van der Waals surface area contributed by atoms with E-state index in [1.807, 2.05) is 18.2 Å². The zero-order valence-electron chi connectivity index (χ0n) is 16.3. The minimum absolute atomic E-state index is 0. The van der Waals surface area contributed by atoms with Crippen LogP contribution >= 0.6 is 0 Å². The van der Waals surface area contributed by atoms with Crippen molar-refractivity contribution in [3.8, 4) is 0 Å². The van der Waals surface area contributed by atoms with Gasteiger partial charge < -0.3 is 7.04 Å². The Bertz CT molecular complexity index is 962. The SMILES string of the molecule is O=S(=O)(C=Cc1ccc(S(=O)(=O)O)cc1)OC=Cc1ccccc1.[H-].[H-].[Na+].[Na+]. The van der Waals surface area contributed by atoms with Crippen molar-refractivity contribution in [2.24, 2.45) is 0 Å². The van der Waals surface area contributed by atoms with Crippen LogP contribution in [0.3, 0.4) is 0 Å². The predicted molar refractivity (Wildman–Crippen MR) is 93.0 cm³/mol. The molecule has 0 saturated carbocycles. The molecule has 0 bridgehead atoms. The van der Waals surface area contributed by atoms with Crippen LogP contribution in [0.5, 0.6) is 0 Å². The third kappa shape index (κ3) is 8.98. The molecule has 130 valence electrons. The molecule has 0 amide bonds. The molecule has 2 aromatic rings. The summed E-state index contributed by atoms with van der Waals surface area (Å²) in [5.41, 5.74) is 1.22. The average molecular weight is 414 g/mol. The smallest absolute Gasteiger partial charge is 1.00 e. The predicted octanol–water partition coefficient (Wildman–Crippen LogP) is -2.85. The Hall–Kier alpha value is -0.420. The first-order valence-electron chi connectivity index (χ1n) is 6.67. The third-order valence-corrected chi connectivity index (χ3v) is 4.57. The molecule has 0 fully saturated rings. The molecule has 26 heavy (non-hydrogen) atoms. The van der Waals surface area contributed by atoms with E-state index in [2.05, 4.69) is 0 Å². The summed E-state index contributed by atoms with van der Waals surface area (Å²) in [7, 11) is -8.20. The van der Waals surface area contributed by atoms with Gasteiger partial charge in [0.2, 0.25) is 0 Å². The summed E-state index contributed by atoms with van der Waals surface area (Å²) in [6, 6.07) is 14.1. The van der Waals surface area contributed by atoms with Gasteiger partial charge in [-0.05, 0) is 35.4 Å². The molecule has 0 heterocycles. The Morgan fingerprint density at radius 3 is 1.88 bits per heavy atom. The van der Waals surface area contributed by atoms with E-state index >= 15 is 0 Å². The molecule has 0 saturated heterocycles. The molecule has 2 rings (SSSR count). The minimum atomic E-state index is -4.28. The Kier molecular flexibility index (Phi) is 11.2. The van der Waals surface area contributed by atoms with Gasteiger partial charge in [0.05, 0.1) is 10.3 Å². The number of hydrogen-bond acceptors (Lipinski definition) is 5. The number of hydrogen-bond donors (Lipinski definition) is 1. The molecule has 0 unspecified atom stereocenters. The van der Waals surface area contributed by atoms with E-state index < -0.39 is 20.2 Å². The van der Waals surface area contributed by atoms with Gasteiger partial charge in [0.1, 0.15) is 6.26 Å². The van der Waals surface area contributed by atoms with Crippen LogP contribution in [0.1, 0.15) is 14.0 Å². The van der Waals surface area contributed by atoms with Crippen LogP contribution in [0, 0.1) is 0 Å². The van der Waals surface area contributed by atoms with Crippen molar-refractivity contribution in [2.75, 3.05) is 0 Å². The van der Waals surface area contributed by atoms with Crippen molar-refractivity contribution in [3.63, 3.8) is 0 Å². The normalized spacial score (nSPS) is 11.7. The van der Waals surface area contributed by atoms with Crippen LogP contribution in [0.4, 0.5) is 0 Å². The Labute approximate surface area is 200 Å². The molecule has 0 aliphatic rings. The van der Waals surface area contributed by atoms with E-state index in [-0.39, 0.29) is 66.9 Å². The second kappa shape index (κ2) is 11.4. The molecule has 6 nitrogen and oxygen atoms in total. The molecule has 0 spiro atoms. The molecule has 1 N–H and O–H groups in total. The van der Waals surface area contributed by atoms with Crippen molar-refractivity contribution in [1.29, 1.82) is 0 Å². The second-order valence-corrected chi connectivity index (χ2v) is 7.52. The minimum Gasteiger partial charge on any atom is -1.00 e. The molecular weight excluding hydrogens is 398 g/mol. The first-order valence-corrected chi connectivity index (χ1v) is 9.58. The summed E-state index contributed by atoms with van der Waals surface area (Å²) in [4.78, 5) is -0.274. The summed E-state index contributed by atoms with van der Waals surface area (Å²) in [6.45, 7) is 0. The molecule has 2 aromatic carbocycles. The maximum Gasteiger partial charge on any atom is 1.00 e. The van der Waals surface area contributed by atoms with Gasteiger partial charge in [-0.2, -0.15) is 16.8 Å². The Morgan fingerprint density at radius 2 is 1.35 bits per heavy atom. The van der Waals surface area contributed by atoms with E-state index in [1.165, 1.54) is 24.3 Å². The van der Waals surface area contributed by atoms with Gasteiger partial charge in [-0.1, -0.05) is 42.5 Å². The van der Waals surface area contributed by atoms with E-state index in [9.17, 15) is 16.8 Å². The van der Waals surface area contributed by atoms with E-state index in [1.54, 1.807) is 12.1 Å². The zero-order chi connectivity index (χ0) is 17.6. The summed E-state index contributed by atoms with van der Waals surface area (Å²) in [6.07, 6.45) is 3.82. The van der Waals surface area contributed by atoms with Crippen LogP contribution in [0.2, 0.25) is 0 Å². The van der Waals surface area contributed by atoms with Gasteiger partial charge in [-0.15, -0.1) is 0 Å². The van der Waals surface area contributed by atoms with Crippen molar-refractivity contribution in [1.82, 2.24) is 0 Å². The van der Waals surface area contributed by atoms with Crippen LogP contribution in [0.15, 0.2) is 71.2 Å². The summed E-state index contributed by atoms with van der Waals surface area (Å²) < 4.78 is 58.8.